The Kier molecular flexibility index (Phi) is 3.67. The highest BCUT2D eigenvalue weighted by molar-refractivity contribution is 5.94. The molecule has 0 amide bonds. The molecule has 1 aliphatic heterocycles. The summed E-state index contributed by atoms with van der Waals surface area (Å²) in [6.45, 7) is -0.204. The van der Waals surface area contributed by atoms with Crippen molar-refractivity contribution < 1.29 is 24.5 Å². The SMILES string of the molecule is COC(=O)c1ccc2[nH]c([C@H]3C[C@H](O)[C@@H](CO)O3)cc2c1. The van der Waals surface area contributed by atoms with E-state index in [0.717, 1.165) is 16.6 Å². The molecule has 6 nitrogen and oxygen atoms in total. The van der Waals surface area contributed by atoms with Gasteiger partial charge in [-0.3, -0.25) is 0 Å². The Hall–Kier alpha value is -1.89. The lowest BCUT2D eigenvalue weighted by Crippen LogP contribution is -2.24. The molecule has 6 heteroatoms. The second-order valence-corrected chi connectivity index (χ2v) is 5.17. The summed E-state index contributed by atoms with van der Waals surface area (Å²) >= 11 is 0. The van der Waals surface area contributed by atoms with Crippen LogP contribution in [-0.4, -0.2) is 47.1 Å². The fourth-order valence-corrected chi connectivity index (χ4v) is 2.67. The number of benzene rings is 1. The van der Waals surface area contributed by atoms with E-state index in [-0.39, 0.29) is 18.7 Å². The van der Waals surface area contributed by atoms with E-state index in [1.807, 2.05) is 6.07 Å². The Morgan fingerprint density at radius 3 is 2.95 bits per heavy atom. The van der Waals surface area contributed by atoms with Crippen LogP contribution in [0.15, 0.2) is 24.3 Å². The maximum absolute atomic E-state index is 11.5. The summed E-state index contributed by atoms with van der Waals surface area (Å²) in [5, 5.41) is 19.8. The van der Waals surface area contributed by atoms with Crippen LogP contribution in [0.2, 0.25) is 0 Å². The predicted octanol–water partition coefficient (Wildman–Crippen LogP) is 1.14. The highest BCUT2D eigenvalue weighted by Crippen LogP contribution is 2.34. The Balaban J connectivity index is 1.89. The van der Waals surface area contributed by atoms with Gasteiger partial charge >= 0.3 is 5.97 Å². The van der Waals surface area contributed by atoms with Gasteiger partial charge in [-0.1, -0.05) is 0 Å². The minimum atomic E-state index is -0.669. The van der Waals surface area contributed by atoms with Crippen LogP contribution in [0.1, 0.15) is 28.6 Å². The summed E-state index contributed by atoms with van der Waals surface area (Å²) < 4.78 is 10.3. The van der Waals surface area contributed by atoms with E-state index in [1.54, 1.807) is 18.2 Å². The van der Waals surface area contributed by atoms with Crippen LogP contribution in [0.3, 0.4) is 0 Å². The Morgan fingerprint density at radius 1 is 1.48 bits per heavy atom. The number of hydrogen-bond acceptors (Lipinski definition) is 5. The number of aromatic nitrogens is 1. The van der Waals surface area contributed by atoms with Crippen molar-refractivity contribution in [3.8, 4) is 0 Å². The standard InChI is InChI=1S/C15H17NO5/c1-20-15(19)8-2-3-10-9(4-8)5-11(16-10)13-6-12(18)14(7-17)21-13/h2-5,12-14,16-18H,6-7H2,1H3/t12-,13+,14+/m0/s1. The van der Waals surface area contributed by atoms with Crippen LogP contribution in [0, 0.1) is 0 Å². The van der Waals surface area contributed by atoms with Gasteiger partial charge in [0.15, 0.2) is 0 Å². The molecule has 1 aromatic carbocycles. The van der Waals surface area contributed by atoms with Crippen LogP contribution in [0.25, 0.3) is 10.9 Å². The van der Waals surface area contributed by atoms with Gasteiger partial charge in [0, 0.05) is 23.0 Å². The number of aromatic amines is 1. The molecule has 2 heterocycles. The van der Waals surface area contributed by atoms with Crippen molar-refractivity contribution in [3.05, 3.63) is 35.5 Å². The number of ether oxygens (including phenoxy) is 2. The average Bonchev–Trinajstić information content (AvgIpc) is 3.08. The van der Waals surface area contributed by atoms with Crippen molar-refractivity contribution >= 4 is 16.9 Å². The maximum atomic E-state index is 11.5. The van der Waals surface area contributed by atoms with Crippen LogP contribution in [-0.2, 0) is 9.47 Å². The van der Waals surface area contributed by atoms with Crippen molar-refractivity contribution in [2.24, 2.45) is 0 Å². The van der Waals surface area contributed by atoms with E-state index in [0.29, 0.717) is 12.0 Å². The third-order valence-electron chi connectivity index (χ3n) is 3.81. The van der Waals surface area contributed by atoms with Gasteiger partial charge in [-0.05, 0) is 24.3 Å². The van der Waals surface area contributed by atoms with Crippen molar-refractivity contribution in [3.63, 3.8) is 0 Å². The zero-order valence-electron chi connectivity index (χ0n) is 11.6. The van der Waals surface area contributed by atoms with Crippen molar-refractivity contribution in [1.29, 1.82) is 0 Å². The smallest absolute Gasteiger partial charge is 0.337 e. The van der Waals surface area contributed by atoms with E-state index < -0.39 is 12.2 Å². The summed E-state index contributed by atoms with van der Waals surface area (Å²) in [6, 6.07) is 7.13. The molecule has 3 atom stereocenters. The summed E-state index contributed by atoms with van der Waals surface area (Å²) in [5.41, 5.74) is 2.18. The van der Waals surface area contributed by atoms with Gasteiger partial charge in [-0.2, -0.15) is 0 Å². The first-order chi connectivity index (χ1) is 10.1. The number of methoxy groups -OCH3 is 1. The number of esters is 1. The number of carbonyl (C=O) groups excluding carboxylic acids is 1. The molecule has 0 spiro atoms. The molecule has 3 N–H and O–H groups in total. The van der Waals surface area contributed by atoms with Gasteiger partial charge in [0.1, 0.15) is 12.2 Å². The molecule has 112 valence electrons. The topological polar surface area (TPSA) is 91.8 Å². The van der Waals surface area contributed by atoms with E-state index in [9.17, 15) is 9.90 Å². The molecular formula is C15H17NO5. The van der Waals surface area contributed by atoms with E-state index in [2.05, 4.69) is 4.98 Å². The van der Waals surface area contributed by atoms with Crippen LogP contribution < -0.4 is 0 Å². The lowest BCUT2D eigenvalue weighted by atomic mass is 10.1. The fourth-order valence-electron chi connectivity index (χ4n) is 2.67. The molecule has 1 aliphatic rings. The minimum absolute atomic E-state index is 0.204. The maximum Gasteiger partial charge on any atom is 0.337 e. The normalized spacial score (nSPS) is 25.4. The zero-order valence-corrected chi connectivity index (χ0v) is 11.6. The molecule has 1 fully saturated rings. The quantitative estimate of drug-likeness (QED) is 0.738. The van der Waals surface area contributed by atoms with Gasteiger partial charge in [0.2, 0.25) is 0 Å². The van der Waals surface area contributed by atoms with Gasteiger partial charge in [-0.25, -0.2) is 4.79 Å². The van der Waals surface area contributed by atoms with Gasteiger partial charge in [-0.15, -0.1) is 0 Å². The number of carbonyl (C=O) groups is 1. The Labute approximate surface area is 121 Å². The molecule has 0 radical (unpaired) electrons. The van der Waals surface area contributed by atoms with E-state index >= 15 is 0 Å². The summed E-state index contributed by atoms with van der Waals surface area (Å²) in [6.07, 6.45) is -1.07. The molecule has 3 rings (SSSR count). The second-order valence-electron chi connectivity index (χ2n) is 5.17. The Morgan fingerprint density at radius 2 is 2.29 bits per heavy atom. The number of H-pyrrole nitrogens is 1. The fraction of sp³-hybridized carbons (Fsp3) is 0.400. The number of rotatable bonds is 3. The highest BCUT2D eigenvalue weighted by atomic mass is 16.5. The molecule has 21 heavy (non-hydrogen) atoms. The number of aliphatic hydroxyl groups is 2. The largest absolute Gasteiger partial charge is 0.465 e. The molecule has 1 saturated heterocycles. The molecule has 0 unspecified atom stereocenters. The number of fused-ring (bicyclic) bond motifs is 1. The molecular weight excluding hydrogens is 274 g/mol. The average molecular weight is 291 g/mol. The predicted molar refractivity (Wildman–Crippen MR) is 75.0 cm³/mol. The van der Waals surface area contributed by atoms with Crippen LogP contribution in [0.5, 0.6) is 0 Å². The molecule has 0 bridgehead atoms. The molecule has 0 aliphatic carbocycles. The van der Waals surface area contributed by atoms with E-state index in [1.165, 1.54) is 7.11 Å². The summed E-state index contributed by atoms with van der Waals surface area (Å²) in [5.74, 6) is -0.382. The van der Waals surface area contributed by atoms with E-state index in [4.69, 9.17) is 14.6 Å². The van der Waals surface area contributed by atoms with Crippen molar-refractivity contribution in [1.82, 2.24) is 4.98 Å². The molecule has 0 saturated carbocycles. The zero-order chi connectivity index (χ0) is 15.0. The first-order valence-corrected chi connectivity index (χ1v) is 6.77. The minimum Gasteiger partial charge on any atom is -0.465 e. The second kappa shape index (κ2) is 5.48. The van der Waals surface area contributed by atoms with Gasteiger partial charge in [0.05, 0.1) is 25.4 Å². The number of aliphatic hydroxyl groups excluding tert-OH is 2. The molecule has 1 aromatic heterocycles. The highest BCUT2D eigenvalue weighted by Gasteiger charge is 2.34. The van der Waals surface area contributed by atoms with Crippen molar-refractivity contribution in [2.75, 3.05) is 13.7 Å². The first-order valence-electron chi connectivity index (χ1n) is 6.77. The first kappa shape index (κ1) is 14.1. The monoisotopic (exact) mass is 291 g/mol. The third kappa shape index (κ3) is 2.53. The van der Waals surface area contributed by atoms with Gasteiger partial charge in [0.25, 0.3) is 0 Å². The summed E-state index contributed by atoms with van der Waals surface area (Å²) in [7, 11) is 1.35. The van der Waals surface area contributed by atoms with Gasteiger partial charge < -0.3 is 24.7 Å². The third-order valence-corrected chi connectivity index (χ3v) is 3.81. The molecule has 2 aromatic rings. The summed E-state index contributed by atoms with van der Waals surface area (Å²) in [4.78, 5) is 14.7. The number of hydrogen-bond donors (Lipinski definition) is 3. The number of nitrogens with one attached hydrogen (secondary N) is 1. The van der Waals surface area contributed by atoms with Crippen LogP contribution >= 0.6 is 0 Å². The Bertz CT molecular complexity index is 665. The van der Waals surface area contributed by atoms with Crippen molar-refractivity contribution in [2.45, 2.75) is 24.7 Å². The lowest BCUT2D eigenvalue weighted by molar-refractivity contribution is -0.0234. The lowest BCUT2D eigenvalue weighted by Gasteiger charge is -2.10. The van der Waals surface area contributed by atoms with Crippen LogP contribution in [0.4, 0.5) is 0 Å².